The van der Waals surface area contributed by atoms with E-state index in [-0.39, 0.29) is 29.6 Å². The number of piperidine rings is 1. The van der Waals surface area contributed by atoms with Gasteiger partial charge in [-0.1, -0.05) is 48.5 Å². The second kappa shape index (κ2) is 13.1. The van der Waals surface area contributed by atoms with Gasteiger partial charge in [-0.2, -0.15) is 15.6 Å². The van der Waals surface area contributed by atoms with E-state index in [2.05, 4.69) is 40.1 Å². The average Bonchev–Trinajstić information content (AvgIpc) is 3.75. The van der Waals surface area contributed by atoms with Crippen LogP contribution in [0.25, 0.3) is 11.1 Å². The quantitative estimate of drug-likeness (QED) is 0.380. The Labute approximate surface area is 240 Å². The van der Waals surface area contributed by atoms with Crippen LogP contribution in [0, 0.1) is 28.6 Å². The lowest BCUT2D eigenvalue weighted by Gasteiger charge is -2.40. The number of carbonyl (C=O) groups excluding carboxylic acids is 2. The van der Waals surface area contributed by atoms with Gasteiger partial charge in [0, 0.05) is 31.7 Å². The second-order valence-corrected chi connectivity index (χ2v) is 10.6. The SMILES string of the molecule is C=CC.N#CCC1(n2cc(C(N)=O)c(NC(=O)C3CC3)n2)CCN(Cc2ccc(-c3ccccc3)c(C#N)c2)CC1. The van der Waals surface area contributed by atoms with E-state index in [4.69, 9.17) is 5.73 Å². The number of allylic oxidation sites excluding steroid dienone is 1. The largest absolute Gasteiger partial charge is 0.365 e. The predicted molar refractivity (Wildman–Crippen MR) is 157 cm³/mol. The van der Waals surface area contributed by atoms with E-state index in [1.807, 2.05) is 49.4 Å². The van der Waals surface area contributed by atoms with Crippen LogP contribution in [0.15, 0.2) is 67.4 Å². The Morgan fingerprint density at radius 3 is 2.44 bits per heavy atom. The fraction of sp³-hybridized carbons (Fsp3) is 0.344. The summed E-state index contributed by atoms with van der Waals surface area (Å²) in [5, 5.41) is 26.7. The monoisotopic (exact) mass is 549 g/mol. The van der Waals surface area contributed by atoms with Gasteiger partial charge in [0.25, 0.3) is 5.91 Å². The summed E-state index contributed by atoms with van der Waals surface area (Å²) in [5.74, 6) is -0.701. The molecule has 1 aromatic heterocycles. The van der Waals surface area contributed by atoms with Crippen LogP contribution < -0.4 is 11.1 Å². The molecule has 2 heterocycles. The third kappa shape index (κ3) is 6.89. The molecule has 0 radical (unpaired) electrons. The van der Waals surface area contributed by atoms with Gasteiger partial charge in [-0.05, 0) is 55.4 Å². The molecule has 1 aliphatic carbocycles. The highest BCUT2D eigenvalue weighted by Crippen LogP contribution is 2.36. The van der Waals surface area contributed by atoms with Crippen LogP contribution in [0.5, 0.6) is 0 Å². The zero-order valence-electron chi connectivity index (χ0n) is 23.3. The van der Waals surface area contributed by atoms with Crippen molar-refractivity contribution in [1.82, 2.24) is 14.7 Å². The van der Waals surface area contributed by atoms with E-state index in [0.29, 0.717) is 38.0 Å². The number of benzene rings is 2. The number of nitrogens with zero attached hydrogens (tertiary/aromatic N) is 5. The van der Waals surface area contributed by atoms with Crippen LogP contribution in [-0.2, 0) is 16.9 Å². The van der Waals surface area contributed by atoms with Gasteiger partial charge in [0.1, 0.15) is 5.56 Å². The third-order valence-corrected chi connectivity index (χ3v) is 7.55. The Morgan fingerprint density at radius 1 is 1.17 bits per heavy atom. The third-order valence-electron chi connectivity index (χ3n) is 7.55. The van der Waals surface area contributed by atoms with E-state index in [1.165, 1.54) is 0 Å². The average molecular weight is 550 g/mol. The zero-order valence-corrected chi connectivity index (χ0v) is 23.3. The first-order chi connectivity index (χ1) is 19.8. The smallest absolute Gasteiger partial charge is 0.254 e. The molecule has 1 aliphatic heterocycles. The lowest BCUT2D eigenvalue weighted by Crippen LogP contribution is -2.46. The summed E-state index contributed by atoms with van der Waals surface area (Å²) < 4.78 is 1.67. The number of hydrogen-bond donors (Lipinski definition) is 2. The molecule has 3 aromatic rings. The molecule has 2 aliphatic rings. The molecule has 0 atom stereocenters. The number of hydrogen-bond acceptors (Lipinski definition) is 6. The summed E-state index contributed by atoms with van der Waals surface area (Å²) >= 11 is 0. The van der Waals surface area contributed by atoms with Gasteiger partial charge in [-0.15, -0.1) is 6.58 Å². The van der Waals surface area contributed by atoms with Gasteiger partial charge in [-0.3, -0.25) is 19.2 Å². The number of rotatable bonds is 8. The van der Waals surface area contributed by atoms with Gasteiger partial charge in [0.15, 0.2) is 5.82 Å². The number of nitrogens with one attached hydrogen (secondary N) is 1. The molecule has 1 saturated heterocycles. The summed E-state index contributed by atoms with van der Waals surface area (Å²) in [6.45, 7) is 7.35. The number of nitrogens with two attached hydrogens (primary N) is 1. The molecule has 2 amide bonds. The first kappa shape index (κ1) is 29.3. The maximum atomic E-state index is 12.3. The van der Waals surface area contributed by atoms with Crippen molar-refractivity contribution in [3.05, 3.63) is 84.1 Å². The molecule has 9 heteroatoms. The van der Waals surface area contributed by atoms with Crippen LogP contribution in [0.1, 0.15) is 60.5 Å². The minimum absolute atomic E-state index is 0.0412. The highest BCUT2D eigenvalue weighted by atomic mass is 16.2. The van der Waals surface area contributed by atoms with Crippen molar-refractivity contribution < 1.29 is 9.59 Å². The molecule has 0 spiro atoms. The molecular weight excluding hydrogens is 514 g/mol. The summed E-state index contributed by atoms with van der Waals surface area (Å²) in [4.78, 5) is 26.7. The van der Waals surface area contributed by atoms with Crippen LogP contribution in [-0.4, -0.2) is 39.6 Å². The van der Waals surface area contributed by atoms with E-state index < -0.39 is 11.4 Å². The Bertz CT molecular complexity index is 1480. The molecule has 3 N–H and O–H groups in total. The van der Waals surface area contributed by atoms with Gasteiger partial charge in [0.2, 0.25) is 5.91 Å². The van der Waals surface area contributed by atoms with Crippen LogP contribution in [0.4, 0.5) is 5.82 Å². The van der Waals surface area contributed by atoms with E-state index >= 15 is 0 Å². The van der Waals surface area contributed by atoms with E-state index in [1.54, 1.807) is 17.0 Å². The van der Waals surface area contributed by atoms with Crippen molar-refractivity contribution in [2.45, 2.75) is 51.1 Å². The summed E-state index contributed by atoms with van der Waals surface area (Å²) in [7, 11) is 0. The summed E-state index contributed by atoms with van der Waals surface area (Å²) in [6, 6.07) is 20.5. The van der Waals surface area contributed by atoms with Crippen LogP contribution in [0.2, 0.25) is 0 Å². The molecule has 9 nitrogen and oxygen atoms in total. The lowest BCUT2D eigenvalue weighted by molar-refractivity contribution is -0.117. The number of amides is 2. The Morgan fingerprint density at radius 2 is 1.85 bits per heavy atom. The fourth-order valence-corrected chi connectivity index (χ4v) is 5.13. The molecule has 0 unspecified atom stereocenters. The lowest BCUT2D eigenvalue weighted by atomic mass is 9.84. The van der Waals surface area contributed by atoms with E-state index in [0.717, 1.165) is 29.5 Å². The number of nitriles is 2. The topological polar surface area (TPSA) is 141 Å². The second-order valence-electron chi connectivity index (χ2n) is 10.6. The number of likely N-dealkylation sites (tertiary alicyclic amines) is 1. The number of anilines is 1. The zero-order chi connectivity index (χ0) is 29.4. The predicted octanol–water partition coefficient (Wildman–Crippen LogP) is 4.97. The van der Waals surface area contributed by atoms with Crippen LogP contribution >= 0.6 is 0 Å². The molecule has 210 valence electrons. The van der Waals surface area contributed by atoms with Gasteiger partial charge >= 0.3 is 0 Å². The summed E-state index contributed by atoms with van der Waals surface area (Å²) in [5.41, 5.74) is 8.75. The van der Waals surface area contributed by atoms with Crippen molar-refractivity contribution in [2.24, 2.45) is 11.7 Å². The minimum atomic E-state index is -0.667. The Balaban J connectivity index is 0.00000124. The first-order valence-electron chi connectivity index (χ1n) is 13.8. The molecule has 2 aromatic carbocycles. The van der Waals surface area contributed by atoms with E-state index in [9.17, 15) is 20.1 Å². The van der Waals surface area contributed by atoms with Crippen molar-refractivity contribution in [1.29, 1.82) is 10.5 Å². The summed E-state index contributed by atoms with van der Waals surface area (Å²) in [6.07, 6.45) is 6.49. The maximum absolute atomic E-state index is 12.3. The minimum Gasteiger partial charge on any atom is -0.365 e. The van der Waals surface area contributed by atoms with Crippen molar-refractivity contribution in [3.8, 4) is 23.3 Å². The fourth-order valence-electron chi connectivity index (χ4n) is 5.13. The van der Waals surface area contributed by atoms with Crippen molar-refractivity contribution in [3.63, 3.8) is 0 Å². The molecule has 2 fully saturated rings. The number of carbonyl (C=O) groups is 2. The molecule has 1 saturated carbocycles. The van der Waals surface area contributed by atoms with Crippen LogP contribution in [0.3, 0.4) is 0 Å². The highest BCUT2D eigenvalue weighted by molar-refractivity contribution is 6.02. The van der Waals surface area contributed by atoms with Gasteiger partial charge in [-0.25, -0.2) is 0 Å². The molecule has 5 rings (SSSR count). The normalized spacial score (nSPS) is 15.9. The first-order valence-corrected chi connectivity index (χ1v) is 13.8. The van der Waals surface area contributed by atoms with Gasteiger partial charge < -0.3 is 11.1 Å². The highest BCUT2D eigenvalue weighted by Gasteiger charge is 2.39. The molecular formula is C32H35N7O2. The standard InChI is InChI=1S/C29H29N7O2.C3H6/c30-13-10-29(36-19-25(26(32)37)27(34-36)33-28(38)22-7-8-22)11-14-35(15-12-29)18-20-6-9-24(23(16-20)17-31)21-4-2-1-3-5-21;1-3-2/h1-6,9,16,19,22H,7-8,10-12,14-15,18H2,(H2,32,37)(H,33,34,38);3H,1H2,2H3. The Kier molecular flexibility index (Phi) is 9.34. The number of primary amides is 1. The van der Waals surface area contributed by atoms with Gasteiger partial charge in [0.05, 0.1) is 29.7 Å². The Hall–Kier alpha value is -4.73. The molecule has 41 heavy (non-hydrogen) atoms. The maximum Gasteiger partial charge on any atom is 0.254 e. The molecule has 0 bridgehead atoms. The van der Waals surface area contributed by atoms with Crippen molar-refractivity contribution >= 4 is 17.6 Å². The number of aromatic nitrogens is 2. The van der Waals surface area contributed by atoms with Crippen molar-refractivity contribution in [2.75, 3.05) is 18.4 Å².